The molecule has 4 aromatic heterocycles. The van der Waals surface area contributed by atoms with Crippen LogP contribution in [0.15, 0.2) is 102 Å². The molecule has 1 aliphatic heterocycles. The van der Waals surface area contributed by atoms with Crippen LogP contribution < -0.4 is 20.5 Å². The number of halogens is 2. The van der Waals surface area contributed by atoms with E-state index in [0.717, 1.165) is 43.1 Å². The number of hydrogen-bond acceptors (Lipinski definition) is 7. The van der Waals surface area contributed by atoms with Gasteiger partial charge in [0.15, 0.2) is 23.1 Å². The van der Waals surface area contributed by atoms with Gasteiger partial charge in [0.2, 0.25) is 0 Å². The molecule has 0 spiro atoms. The zero-order chi connectivity index (χ0) is 32.5. The highest BCUT2D eigenvalue weighted by Crippen LogP contribution is 2.36. The second-order valence-electron chi connectivity index (χ2n) is 11.3. The highest BCUT2D eigenvalue weighted by atomic mass is 19.1. The molecule has 236 valence electrons. The van der Waals surface area contributed by atoms with Gasteiger partial charge in [-0.15, -0.1) is 0 Å². The third-order valence-electron chi connectivity index (χ3n) is 8.28. The summed E-state index contributed by atoms with van der Waals surface area (Å²) in [6.45, 7) is 5.19. The minimum Gasteiger partial charge on any atom is -0.452 e. The predicted octanol–water partition coefficient (Wildman–Crippen LogP) is 5.76. The highest BCUT2D eigenvalue weighted by Gasteiger charge is 2.20. The van der Waals surface area contributed by atoms with Crippen LogP contribution in [0.25, 0.3) is 22.3 Å². The van der Waals surface area contributed by atoms with Crippen molar-refractivity contribution >= 4 is 17.1 Å². The fourth-order valence-corrected chi connectivity index (χ4v) is 5.88. The molecule has 2 aromatic carbocycles. The van der Waals surface area contributed by atoms with E-state index in [0.29, 0.717) is 28.1 Å². The smallest absolute Gasteiger partial charge is 0.266 e. The van der Waals surface area contributed by atoms with Gasteiger partial charge in [0, 0.05) is 68.5 Å². The summed E-state index contributed by atoms with van der Waals surface area (Å²) in [6.07, 6.45) is 6.53. The van der Waals surface area contributed by atoms with E-state index in [-0.39, 0.29) is 17.7 Å². The van der Waals surface area contributed by atoms with Crippen LogP contribution in [0.3, 0.4) is 0 Å². The molecule has 47 heavy (non-hydrogen) atoms. The van der Waals surface area contributed by atoms with Gasteiger partial charge in [0.05, 0.1) is 11.8 Å². The number of anilines is 1. The lowest BCUT2D eigenvalue weighted by molar-refractivity contribution is 0.0990. The molecule has 0 aliphatic carbocycles. The van der Waals surface area contributed by atoms with Crippen LogP contribution in [0.1, 0.15) is 21.5 Å². The van der Waals surface area contributed by atoms with Crippen molar-refractivity contribution in [3.63, 3.8) is 0 Å². The van der Waals surface area contributed by atoms with E-state index in [1.807, 2.05) is 24.4 Å². The Hall–Kier alpha value is -5.68. The molecular weight excluding hydrogens is 602 g/mol. The Balaban J connectivity index is 1.14. The zero-order valence-electron chi connectivity index (χ0n) is 25.5. The number of carbonyl (C=O) groups is 1. The zero-order valence-corrected chi connectivity index (χ0v) is 25.5. The van der Waals surface area contributed by atoms with Gasteiger partial charge in [-0.1, -0.05) is 6.07 Å². The number of nitrogens with zero attached hydrogens (tertiary/aromatic N) is 5. The summed E-state index contributed by atoms with van der Waals surface area (Å²) in [4.78, 5) is 33.4. The molecule has 1 fully saturated rings. The minimum absolute atomic E-state index is 0.00581. The number of fused-ring (bicyclic) bond motifs is 1. The van der Waals surface area contributed by atoms with Gasteiger partial charge < -0.3 is 15.0 Å². The van der Waals surface area contributed by atoms with E-state index in [9.17, 15) is 14.0 Å². The second kappa shape index (κ2) is 12.6. The van der Waals surface area contributed by atoms with E-state index in [2.05, 4.69) is 20.3 Å². The van der Waals surface area contributed by atoms with Crippen LogP contribution >= 0.6 is 0 Å². The summed E-state index contributed by atoms with van der Waals surface area (Å²) in [5.74, 6) is -0.279. The normalized spacial score (nSPS) is 13.2. The number of ketones is 1. The lowest BCUT2D eigenvalue weighted by atomic mass is 10.0. The van der Waals surface area contributed by atoms with E-state index in [4.69, 9.17) is 4.74 Å². The Morgan fingerprint density at radius 3 is 2.51 bits per heavy atom. The number of hydrogen-bond donors (Lipinski definition) is 1. The summed E-state index contributed by atoms with van der Waals surface area (Å²) < 4.78 is 38.0. The summed E-state index contributed by atoms with van der Waals surface area (Å²) in [5, 5.41) is 7.76. The molecule has 7 rings (SSSR count). The highest BCUT2D eigenvalue weighted by molar-refractivity contribution is 5.98. The summed E-state index contributed by atoms with van der Waals surface area (Å²) in [6, 6.07) is 19.0. The SMILES string of the molecule is Cc1ccn(-c2ccc(F)cc2)c(=O)c1C(=O)Cc1ccc(Oc2ccnn3ccc(-c4ccnc(N5CCNCC5)c4)c23)c(F)c1. The standard InChI is InChI=1S/C36H30F2N6O3/c1-23-10-16-43(27-5-3-26(37)4-6-27)36(46)34(23)30(45)21-24-2-7-31(29(38)20-24)47-32-9-13-41-44-17-11-28(35(32)44)25-8-12-40-33(22-25)42-18-14-39-15-19-42/h2-13,16-17,20,22,39H,14-15,18-19,21H2,1H3. The molecule has 9 nitrogen and oxygen atoms in total. The van der Waals surface area contributed by atoms with Crippen molar-refractivity contribution in [3.05, 3.63) is 136 Å². The van der Waals surface area contributed by atoms with Gasteiger partial charge in [-0.25, -0.2) is 18.3 Å². The first-order valence-corrected chi connectivity index (χ1v) is 15.2. The van der Waals surface area contributed by atoms with Gasteiger partial charge in [-0.3, -0.25) is 14.2 Å². The number of aromatic nitrogens is 4. The number of ether oxygens (including phenoxy) is 1. The predicted molar refractivity (Wildman–Crippen MR) is 175 cm³/mol. The van der Waals surface area contributed by atoms with Crippen molar-refractivity contribution in [2.24, 2.45) is 0 Å². The lowest BCUT2D eigenvalue weighted by Gasteiger charge is -2.28. The van der Waals surface area contributed by atoms with Gasteiger partial charge in [-0.05, 0) is 84.3 Å². The fraction of sp³-hybridized carbons (Fsp3) is 0.167. The summed E-state index contributed by atoms with van der Waals surface area (Å²) in [5.41, 5.74) is 3.24. The van der Waals surface area contributed by atoms with Crippen molar-refractivity contribution in [2.75, 3.05) is 31.1 Å². The molecule has 0 unspecified atom stereocenters. The first-order valence-electron chi connectivity index (χ1n) is 15.2. The number of piperazine rings is 1. The largest absolute Gasteiger partial charge is 0.452 e. The van der Waals surface area contributed by atoms with Crippen LogP contribution in [0.2, 0.25) is 0 Å². The van der Waals surface area contributed by atoms with Crippen LogP contribution in [0.4, 0.5) is 14.6 Å². The van der Waals surface area contributed by atoms with E-state index >= 15 is 4.39 Å². The van der Waals surface area contributed by atoms with Crippen LogP contribution in [0.5, 0.6) is 11.5 Å². The van der Waals surface area contributed by atoms with Gasteiger partial charge in [0.1, 0.15) is 17.2 Å². The molecule has 1 aliphatic rings. The Morgan fingerprint density at radius 1 is 0.915 bits per heavy atom. The van der Waals surface area contributed by atoms with Gasteiger partial charge in [0.25, 0.3) is 5.56 Å². The second-order valence-corrected chi connectivity index (χ2v) is 11.3. The lowest BCUT2D eigenvalue weighted by Crippen LogP contribution is -2.43. The molecule has 6 aromatic rings. The average molecular weight is 633 g/mol. The molecule has 0 radical (unpaired) electrons. The number of benzene rings is 2. The molecule has 0 saturated carbocycles. The van der Waals surface area contributed by atoms with Crippen LogP contribution in [-0.4, -0.2) is 51.1 Å². The Kier molecular flexibility index (Phi) is 8.05. The number of Topliss-reactive ketones (excluding diaryl/α,β-unsaturated/α-hetero) is 1. The Bertz CT molecular complexity index is 2170. The van der Waals surface area contributed by atoms with E-state index in [1.165, 1.54) is 41.0 Å². The van der Waals surface area contributed by atoms with Crippen LogP contribution in [-0.2, 0) is 6.42 Å². The third-order valence-corrected chi connectivity index (χ3v) is 8.28. The Labute approximate surface area is 268 Å². The molecule has 5 heterocycles. The number of pyridine rings is 2. The summed E-state index contributed by atoms with van der Waals surface area (Å²) >= 11 is 0. The number of nitrogens with one attached hydrogen (secondary N) is 1. The van der Waals surface area contributed by atoms with Crippen molar-refractivity contribution in [3.8, 4) is 28.3 Å². The monoisotopic (exact) mass is 632 g/mol. The van der Waals surface area contributed by atoms with E-state index in [1.54, 1.807) is 48.2 Å². The first-order chi connectivity index (χ1) is 22.9. The van der Waals surface area contributed by atoms with Crippen LogP contribution in [0, 0.1) is 18.6 Å². The van der Waals surface area contributed by atoms with Crippen molar-refractivity contribution < 1.29 is 18.3 Å². The molecule has 0 bridgehead atoms. The maximum atomic E-state index is 15.5. The van der Waals surface area contributed by atoms with E-state index < -0.39 is 23.0 Å². The molecule has 1 saturated heterocycles. The molecule has 1 N–H and O–H groups in total. The molecule has 11 heteroatoms. The third kappa shape index (κ3) is 6.00. The van der Waals surface area contributed by atoms with Crippen molar-refractivity contribution in [1.29, 1.82) is 0 Å². The average Bonchev–Trinajstić information content (AvgIpc) is 3.52. The first kappa shape index (κ1) is 30.0. The molecule has 0 amide bonds. The molecule has 0 atom stereocenters. The maximum Gasteiger partial charge on any atom is 0.266 e. The number of carbonyl (C=O) groups excluding carboxylic acids is 1. The quantitative estimate of drug-likeness (QED) is 0.213. The van der Waals surface area contributed by atoms with Gasteiger partial charge >= 0.3 is 0 Å². The maximum absolute atomic E-state index is 15.5. The topological polar surface area (TPSA) is 93.8 Å². The molecular formula is C36H30F2N6O3. The number of aryl methyl sites for hydroxylation is 1. The fourth-order valence-electron chi connectivity index (χ4n) is 5.88. The Morgan fingerprint density at radius 2 is 1.72 bits per heavy atom. The minimum atomic E-state index is -0.656. The van der Waals surface area contributed by atoms with Crippen molar-refractivity contribution in [1.82, 2.24) is 24.5 Å². The summed E-state index contributed by atoms with van der Waals surface area (Å²) in [7, 11) is 0. The number of rotatable bonds is 8. The van der Waals surface area contributed by atoms with Gasteiger partial charge in [-0.2, -0.15) is 5.10 Å². The van der Waals surface area contributed by atoms with Crippen molar-refractivity contribution in [2.45, 2.75) is 13.3 Å².